The van der Waals surface area contributed by atoms with Crippen LogP contribution in [0.1, 0.15) is 37.5 Å². The largest absolute Gasteiger partial charge is 0.469 e. The van der Waals surface area contributed by atoms with E-state index in [0.717, 1.165) is 42.4 Å². The molecule has 0 radical (unpaired) electrons. The van der Waals surface area contributed by atoms with E-state index in [2.05, 4.69) is 29.1 Å². The van der Waals surface area contributed by atoms with Gasteiger partial charge in [0.05, 0.1) is 6.26 Å². The first-order valence-electron chi connectivity index (χ1n) is 6.81. The van der Waals surface area contributed by atoms with Crippen molar-refractivity contribution < 1.29 is 4.42 Å². The molecule has 1 atom stereocenters. The predicted molar refractivity (Wildman–Crippen MR) is 76.3 cm³/mol. The fraction of sp³-hybridized carbons (Fsp3) is 0.467. The molecule has 4 heteroatoms. The molecule has 102 valence electrons. The molecule has 0 saturated heterocycles. The maximum Gasteiger partial charge on any atom is 0.130 e. The molecule has 2 rings (SSSR count). The molecule has 1 N–H and O–H groups in total. The molecule has 2 heterocycles. The van der Waals surface area contributed by atoms with Gasteiger partial charge in [-0.15, -0.1) is 0 Å². The van der Waals surface area contributed by atoms with E-state index < -0.39 is 0 Å². The van der Waals surface area contributed by atoms with Crippen LogP contribution in [-0.2, 0) is 12.8 Å². The van der Waals surface area contributed by atoms with Gasteiger partial charge in [-0.3, -0.25) is 0 Å². The van der Waals surface area contributed by atoms with Crippen molar-refractivity contribution in [2.75, 3.05) is 5.32 Å². The molecule has 1 unspecified atom stereocenters. The SMILES string of the molecule is CCc1cc(NC(C)CCc2ccco2)nc(C)n1. The van der Waals surface area contributed by atoms with Crippen molar-refractivity contribution in [1.29, 1.82) is 0 Å². The van der Waals surface area contributed by atoms with Crippen molar-refractivity contribution in [1.82, 2.24) is 9.97 Å². The second kappa shape index (κ2) is 6.36. The third-order valence-electron chi connectivity index (χ3n) is 3.05. The standard InChI is InChI=1S/C15H21N3O/c1-4-13-10-15(18-12(3)17-13)16-11(2)7-8-14-6-5-9-19-14/h5-6,9-11H,4,7-8H2,1-3H3,(H,16,17,18). The first kappa shape index (κ1) is 13.6. The number of furan rings is 1. The summed E-state index contributed by atoms with van der Waals surface area (Å²) in [7, 11) is 0. The highest BCUT2D eigenvalue weighted by molar-refractivity contribution is 5.37. The van der Waals surface area contributed by atoms with Crippen LogP contribution in [0.3, 0.4) is 0 Å². The summed E-state index contributed by atoms with van der Waals surface area (Å²) in [4.78, 5) is 8.80. The Hall–Kier alpha value is -1.84. The van der Waals surface area contributed by atoms with Gasteiger partial charge in [0.15, 0.2) is 0 Å². The summed E-state index contributed by atoms with van der Waals surface area (Å²) >= 11 is 0. The third kappa shape index (κ3) is 4.09. The van der Waals surface area contributed by atoms with Crippen LogP contribution in [0.15, 0.2) is 28.9 Å². The molecular weight excluding hydrogens is 238 g/mol. The second-order valence-corrected chi connectivity index (χ2v) is 4.81. The summed E-state index contributed by atoms with van der Waals surface area (Å²) in [5.41, 5.74) is 1.08. The molecule has 2 aromatic rings. The fourth-order valence-corrected chi connectivity index (χ4v) is 2.02. The highest BCUT2D eigenvalue weighted by Gasteiger charge is 2.06. The van der Waals surface area contributed by atoms with Gasteiger partial charge in [0.2, 0.25) is 0 Å². The Balaban J connectivity index is 1.91. The smallest absolute Gasteiger partial charge is 0.130 e. The minimum absolute atomic E-state index is 0.351. The predicted octanol–water partition coefficient (Wildman–Crippen LogP) is 3.37. The lowest BCUT2D eigenvalue weighted by molar-refractivity contribution is 0.495. The van der Waals surface area contributed by atoms with E-state index in [1.54, 1.807) is 6.26 Å². The Morgan fingerprint density at radius 2 is 2.21 bits per heavy atom. The van der Waals surface area contributed by atoms with Crippen molar-refractivity contribution in [3.8, 4) is 0 Å². The zero-order chi connectivity index (χ0) is 13.7. The summed E-state index contributed by atoms with van der Waals surface area (Å²) < 4.78 is 5.34. The van der Waals surface area contributed by atoms with Crippen LogP contribution in [-0.4, -0.2) is 16.0 Å². The minimum atomic E-state index is 0.351. The number of hydrogen-bond acceptors (Lipinski definition) is 4. The molecule has 19 heavy (non-hydrogen) atoms. The maximum atomic E-state index is 5.34. The van der Waals surface area contributed by atoms with Crippen LogP contribution in [0.4, 0.5) is 5.82 Å². The van der Waals surface area contributed by atoms with Crippen LogP contribution in [0.2, 0.25) is 0 Å². The van der Waals surface area contributed by atoms with E-state index in [0.29, 0.717) is 6.04 Å². The summed E-state index contributed by atoms with van der Waals surface area (Å²) in [6, 6.07) is 6.31. The van der Waals surface area contributed by atoms with E-state index in [-0.39, 0.29) is 0 Å². The number of anilines is 1. The number of rotatable bonds is 6. The number of nitrogens with one attached hydrogen (secondary N) is 1. The van der Waals surface area contributed by atoms with Gasteiger partial charge in [-0.05, 0) is 38.8 Å². The van der Waals surface area contributed by atoms with E-state index in [1.807, 2.05) is 25.1 Å². The quantitative estimate of drug-likeness (QED) is 0.864. The Morgan fingerprint density at radius 1 is 1.37 bits per heavy atom. The third-order valence-corrected chi connectivity index (χ3v) is 3.05. The van der Waals surface area contributed by atoms with Gasteiger partial charge < -0.3 is 9.73 Å². The van der Waals surface area contributed by atoms with Crippen LogP contribution in [0.5, 0.6) is 0 Å². The molecule has 0 amide bonds. The molecule has 0 fully saturated rings. The van der Waals surface area contributed by atoms with Gasteiger partial charge in [0, 0.05) is 24.2 Å². The number of hydrogen-bond donors (Lipinski definition) is 1. The Labute approximate surface area is 114 Å². The normalized spacial score (nSPS) is 12.4. The molecule has 0 saturated carbocycles. The van der Waals surface area contributed by atoms with E-state index >= 15 is 0 Å². The first-order valence-corrected chi connectivity index (χ1v) is 6.81. The first-order chi connectivity index (χ1) is 9.17. The molecular formula is C15H21N3O. The van der Waals surface area contributed by atoms with Crippen LogP contribution < -0.4 is 5.32 Å². The Kier molecular flexibility index (Phi) is 4.55. The maximum absolute atomic E-state index is 5.34. The van der Waals surface area contributed by atoms with E-state index in [4.69, 9.17) is 4.42 Å². The molecule has 0 spiro atoms. The van der Waals surface area contributed by atoms with Crippen LogP contribution in [0.25, 0.3) is 0 Å². The monoisotopic (exact) mass is 259 g/mol. The zero-order valence-corrected chi connectivity index (χ0v) is 11.8. The van der Waals surface area contributed by atoms with Crippen molar-refractivity contribution in [2.45, 2.75) is 46.1 Å². The molecule has 2 aromatic heterocycles. The van der Waals surface area contributed by atoms with Crippen molar-refractivity contribution in [3.05, 3.63) is 41.7 Å². The average molecular weight is 259 g/mol. The minimum Gasteiger partial charge on any atom is -0.469 e. The highest BCUT2D eigenvalue weighted by Crippen LogP contribution is 2.12. The molecule has 4 nitrogen and oxygen atoms in total. The zero-order valence-electron chi connectivity index (χ0n) is 11.8. The van der Waals surface area contributed by atoms with Crippen molar-refractivity contribution >= 4 is 5.82 Å². The van der Waals surface area contributed by atoms with Gasteiger partial charge in [-0.25, -0.2) is 9.97 Å². The number of aromatic nitrogens is 2. The second-order valence-electron chi connectivity index (χ2n) is 4.81. The van der Waals surface area contributed by atoms with Crippen molar-refractivity contribution in [3.63, 3.8) is 0 Å². The average Bonchev–Trinajstić information content (AvgIpc) is 2.88. The molecule has 0 aliphatic heterocycles. The Bertz CT molecular complexity index is 508. The lowest BCUT2D eigenvalue weighted by Gasteiger charge is -2.14. The topological polar surface area (TPSA) is 51.0 Å². The van der Waals surface area contributed by atoms with Crippen LogP contribution in [0, 0.1) is 6.92 Å². The van der Waals surface area contributed by atoms with Gasteiger partial charge >= 0.3 is 0 Å². The lowest BCUT2D eigenvalue weighted by Crippen LogP contribution is -2.17. The molecule has 0 aromatic carbocycles. The van der Waals surface area contributed by atoms with Gasteiger partial charge in [0.1, 0.15) is 17.4 Å². The number of aryl methyl sites for hydroxylation is 3. The van der Waals surface area contributed by atoms with E-state index in [1.165, 1.54) is 0 Å². The van der Waals surface area contributed by atoms with Crippen molar-refractivity contribution in [2.24, 2.45) is 0 Å². The van der Waals surface area contributed by atoms with Gasteiger partial charge in [-0.1, -0.05) is 6.92 Å². The summed E-state index contributed by atoms with van der Waals surface area (Å²) in [5, 5.41) is 3.43. The van der Waals surface area contributed by atoms with E-state index in [9.17, 15) is 0 Å². The molecule has 0 bridgehead atoms. The fourth-order valence-electron chi connectivity index (χ4n) is 2.02. The molecule has 0 aliphatic carbocycles. The van der Waals surface area contributed by atoms with Gasteiger partial charge in [0.25, 0.3) is 0 Å². The number of nitrogens with zero attached hydrogens (tertiary/aromatic N) is 2. The summed E-state index contributed by atoms with van der Waals surface area (Å²) in [5.74, 6) is 2.76. The molecule has 0 aliphatic rings. The Morgan fingerprint density at radius 3 is 2.89 bits per heavy atom. The highest BCUT2D eigenvalue weighted by atomic mass is 16.3. The van der Waals surface area contributed by atoms with Gasteiger partial charge in [-0.2, -0.15) is 0 Å². The lowest BCUT2D eigenvalue weighted by atomic mass is 10.1. The summed E-state index contributed by atoms with van der Waals surface area (Å²) in [6.45, 7) is 6.19. The summed E-state index contributed by atoms with van der Waals surface area (Å²) in [6.07, 6.45) is 4.59. The van der Waals surface area contributed by atoms with Crippen LogP contribution >= 0.6 is 0 Å².